The normalized spacial score (nSPS) is 14.8. The van der Waals surface area contributed by atoms with Gasteiger partial charge >= 0.3 is 5.97 Å². The maximum atomic E-state index is 13.1. The van der Waals surface area contributed by atoms with E-state index in [0.29, 0.717) is 17.9 Å². The Morgan fingerprint density at radius 3 is 1.98 bits per heavy atom. The second kappa shape index (κ2) is 14.0. The molecule has 0 bridgehead atoms. The number of rotatable bonds is 11. The van der Waals surface area contributed by atoms with Crippen LogP contribution in [0.3, 0.4) is 0 Å². The summed E-state index contributed by atoms with van der Waals surface area (Å²) in [5.74, 6) is 2.04. The van der Waals surface area contributed by atoms with Crippen molar-refractivity contribution in [2.75, 3.05) is 12.4 Å². The first-order valence-electron chi connectivity index (χ1n) is 14.8. The van der Waals surface area contributed by atoms with Gasteiger partial charge in [0.05, 0.1) is 6.61 Å². The van der Waals surface area contributed by atoms with Gasteiger partial charge in [0, 0.05) is 16.6 Å². The van der Waals surface area contributed by atoms with Gasteiger partial charge in [0.25, 0.3) is 0 Å². The Hall–Kier alpha value is -2.73. The van der Waals surface area contributed by atoms with E-state index in [9.17, 15) is 9.59 Å². The molecule has 0 unspecified atom stereocenters. The summed E-state index contributed by atoms with van der Waals surface area (Å²) in [4.78, 5) is 25.8. The molecule has 6 heteroatoms. The van der Waals surface area contributed by atoms with Crippen molar-refractivity contribution in [1.82, 2.24) is 0 Å². The summed E-state index contributed by atoms with van der Waals surface area (Å²) < 4.78 is 17.8. The quantitative estimate of drug-likeness (QED) is 0.115. The van der Waals surface area contributed by atoms with Crippen molar-refractivity contribution in [2.45, 2.75) is 111 Å². The van der Waals surface area contributed by atoms with Gasteiger partial charge in [0.1, 0.15) is 17.1 Å². The SMILES string of the molecule is Cc1cc(C(=O)C=Cc2cc(C)c(OC(C)(C)C(=O)OC(C)(C)C)c(C)c2)cc(C)c1OCCSC1CCCCC1. The largest absolute Gasteiger partial charge is 0.492 e. The summed E-state index contributed by atoms with van der Waals surface area (Å²) in [7, 11) is 0. The number of thioether (sulfide) groups is 1. The van der Waals surface area contributed by atoms with Crippen LogP contribution in [0.2, 0.25) is 0 Å². The zero-order valence-electron chi connectivity index (χ0n) is 26.4. The molecule has 0 spiro atoms. The Kier molecular flexibility index (Phi) is 11.2. The number of benzene rings is 2. The van der Waals surface area contributed by atoms with Crippen molar-refractivity contribution in [3.63, 3.8) is 0 Å². The average Bonchev–Trinajstić information content (AvgIpc) is 2.88. The lowest BCUT2D eigenvalue weighted by Gasteiger charge is -2.30. The summed E-state index contributed by atoms with van der Waals surface area (Å²) in [6.07, 6.45) is 10.2. The third-order valence-corrected chi connectivity index (χ3v) is 8.48. The number of ketones is 1. The summed E-state index contributed by atoms with van der Waals surface area (Å²) in [6, 6.07) is 7.73. The lowest BCUT2D eigenvalue weighted by atomic mass is 10.0. The number of carbonyl (C=O) groups is 2. The van der Waals surface area contributed by atoms with E-state index in [1.54, 1.807) is 19.9 Å². The van der Waals surface area contributed by atoms with E-state index in [2.05, 4.69) is 0 Å². The second-order valence-corrected chi connectivity index (χ2v) is 14.1. The Labute approximate surface area is 251 Å². The van der Waals surface area contributed by atoms with Crippen LogP contribution in [0.4, 0.5) is 0 Å². The minimum absolute atomic E-state index is 0.0581. The van der Waals surface area contributed by atoms with Crippen LogP contribution >= 0.6 is 11.8 Å². The molecule has 1 fully saturated rings. The molecule has 2 aromatic carbocycles. The molecular weight excluding hydrogens is 532 g/mol. The Bertz CT molecular complexity index is 1220. The minimum atomic E-state index is -1.14. The highest BCUT2D eigenvalue weighted by Crippen LogP contribution is 2.31. The summed E-state index contributed by atoms with van der Waals surface area (Å²) in [6.45, 7) is 17.5. The number of esters is 1. The highest BCUT2D eigenvalue weighted by atomic mass is 32.2. The van der Waals surface area contributed by atoms with Crippen LogP contribution in [0.1, 0.15) is 105 Å². The predicted octanol–water partition coefficient (Wildman–Crippen LogP) is 8.76. The maximum absolute atomic E-state index is 13.1. The minimum Gasteiger partial charge on any atom is -0.492 e. The van der Waals surface area contributed by atoms with E-state index in [4.69, 9.17) is 14.2 Å². The van der Waals surface area contributed by atoms with E-state index >= 15 is 0 Å². The molecule has 0 aromatic heterocycles. The molecule has 1 saturated carbocycles. The Morgan fingerprint density at radius 1 is 0.854 bits per heavy atom. The summed E-state index contributed by atoms with van der Waals surface area (Å²) in [5.41, 5.74) is 3.51. The van der Waals surface area contributed by atoms with Gasteiger partial charge in [-0.1, -0.05) is 25.3 Å². The van der Waals surface area contributed by atoms with Crippen LogP contribution in [-0.4, -0.2) is 40.6 Å². The van der Waals surface area contributed by atoms with Crippen LogP contribution < -0.4 is 9.47 Å². The molecule has 3 rings (SSSR count). The first-order chi connectivity index (χ1) is 19.2. The molecule has 0 aliphatic heterocycles. The second-order valence-electron chi connectivity index (χ2n) is 12.7. The fraction of sp³-hybridized carbons (Fsp3) is 0.543. The van der Waals surface area contributed by atoms with Gasteiger partial charge in [-0.15, -0.1) is 0 Å². The molecule has 0 amide bonds. The van der Waals surface area contributed by atoms with E-state index in [1.165, 1.54) is 32.1 Å². The Morgan fingerprint density at radius 2 is 1.41 bits per heavy atom. The molecule has 2 aromatic rings. The van der Waals surface area contributed by atoms with E-state index in [1.807, 2.05) is 90.6 Å². The van der Waals surface area contributed by atoms with Gasteiger partial charge < -0.3 is 14.2 Å². The average molecular weight is 581 g/mol. The monoisotopic (exact) mass is 580 g/mol. The van der Waals surface area contributed by atoms with Crippen molar-refractivity contribution in [2.24, 2.45) is 0 Å². The molecule has 0 radical (unpaired) electrons. The molecule has 1 aliphatic rings. The fourth-order valence-corrected chi connectivity index (χ4v) is 6.30. The molecule has 0 N–H and O–H groups in total. The summed E-state index contributed by atoms with van der Waals surface area (Å²) in [5, 5.41) is 0.779. The number of aryl methyl sites for hydroxylation is 4. The predicted molar refractivity (Wildman–Crippen MR) is 171 cm³/mol. The zero-order valence-corrected chi connectivity index (χ0v) is 27.3. The Balaban J connectivity index is 1.63. The maximum Gasteiger partial charge on any atom is 0.350 e. The number of hydrogen-bond donors (Lipinski definition) is 0. The smallest absolute Gasteiger partial charge is 0.350 e. The first kappa shape index (κ1) is 32.8. The molecule has 224 valence electrons. The van der Waals surface area contributed by atoms with Crippen LogP contribution in [0, 0.1) is 27.7 Å². The van der Waals surface area contributed by atoms with Crippen LogP contribution in [0.25, 0.3) is 6.08 Å². The van der Waals surface area contributed by atoms with Gasteiger partial charge in [-0.3, -0.25) is 4.79 Å². The van der Waals surface area contributed by atoms with Gasteiger partial charge in [0.15, 0.2) is 11.4 Å². The summed E-state index contributed by atoms with van der Waals surface area (Å²) >= 11 is 2.03. The van der Waals surface area contributed by atoms with Crippen molar-refractivity contribution in [3.8, 4) is 11.5 Å². The van der Waals surface area contributed by atoms with Gasteiger partial charge in [-0.05, 0) is 133 Å². The lowest BCUT2D eigenvalue weighted by molar-refractivity contribution is -0.171. The third kappa shape index (κ3) is 9.66. The van der Waals surface area contributed by atoms with Gasteiger partial charge in [0.2, 0.25) is 0 Å². The molecular formula is C35H48O5S. The van der Waals surface area contributed by atoms with Crippen LogP contribution in [0.5, 0.6) is 11.5 Å². The molecule has 0 atom stereocenters. The highest BCUT2D eigenvalue weighted by molar-refractivity contribution is 7.99. The number of ether oxygens (including phenoxy) is 3. The zero-order chi connectivity index (χ0) is 30.4. The van der Waals surface area contributed by atoms with E-state index in [0.717, 1.165) is 44.6 Å². The van der Waals surface area contributed by atoms with Crippen molar-refractivity contribution < 1.29 is 23.8 Å². The standard InChI is InChI=1S/C35H48O5S/c1-23-19-27(20-24(2)32(23)39-35(8,9)33(37)40-34(5,6)7)15-16-30(36)28-21-25(3)31(26(4)22-28)38-17-18-41-29-13-11-10-12-14-29/h15-16,19-22,29H,10-14,17-18H2,1-9H3. The van der Waals surface area contributed by atoms with Gasteiger partial charge in [-0.2, -0.15) is 11.8 Å². The van der Waals surface area contributed by atoms with Crippen molar-refractivity contribution in [1.29, 1.82) is 0 Å². The van der Waals surface area contributed by atoms with Crippen LogP contribution in [-0.2, 0) is 9.53 Å². The first-order valence-corrected chi connectivity index (χ1v) is 15.8. The van der Waals surface area contributed by atoms with E-state index < -0.39 is 17.2 Å². The highest BCUT2D eigenvalue weighted by Gasteiger charge is 2.35. The fourth-order valence-electron chi connectivity index (χ4n) is 5.12. The van der Waals surface area contributed by atoms with Crippen molar-refractivity contribution in [3.05, 3.63) is 63.7 Å². The molecule has 41 heavy (non-hydrogen) atoms. The molecule has 5 nitrogen and oxygen atoms in total. The van der Waals surface area contributed by atoms with E-state index in [-0.39, 0.29) is 5.78 Å². The van der Waals surface area contributed by atoms with Crippen LogP contribution in [0.15, 0.2) is 30.3 Å². The number of carbonyl (C=O) groups excluding carboxylic acids is 2. The topological polar surface area (TPSA) is 61.8 Å². The third-order valence-electron chi connectivity index (χ3n) is 7.14. The van der Waals surface area contributed by atoms with Gasteiger partial charge in [-0.25, -0.2) is 4.79 Å². The lowest BCUT2D eigenvalue weighted by Crippen LogP contribution is -2.43. The van der Waals surface area contributed by atoms with Crippen molar-refractivity contribution >= 4 is 29.6 Å². The number of allylic oxidation sites excluding steroid dienone is 1. The molecule has 0 saturated heterocycles. The molecule has 0 heterocycles. The molecule has 1 aliphatic carbocycles. The number of hydrogen-bond acceptors (Lipinski definition) is 6.